The number of amides is 1. The molecular weight excluding hydrogens is 218 g/mol. The van der Waals surface area contributed by atoms with Crippen LogP contribution >= 0.6 is 0 Å². The van der Waals surface area contributed by atoms with Crippen LogP contribution in [0.1, 0.15) is 33.6 Å². The van der Waals surface area contributed by atoms with Crippen molar-refractivity contribution in [2.75, 3.05) is 26.3 Å². The molecule has 1 atom stereocenters. The predicted molar refractivity (Wildman–Crippen MR) is 64.7 cm³/mol. The minimum absolute atomic E-state index is 0.0991. The van der Waals surface area contributed by atoms with Gasteiger partial charge in [-0.2, -0.15) is 0 Å². The zero-order valence-electron chi connectivity index (χ0n) is 11.1. The second-order valence-electron chi connectivity index (χ2n) is 5.79. The molecule has 4 heteroatoms. The van der Waals surface area contributed by atoms with E-state index in [1.54, 1.807) is 0 Å². The quantitative estimate of drug-likeness (QED) is 0.747. The lowest BCUT2D eigenvalue weighted by Crippen LogP contribution is -2.53. The third-order valence-electron chi connectivity index (χ3n) is 3.36. The van der Waals surface area contributed by atoms with Gasteiger partial charge >= 0.3 is 0 Å². The number of carbonyl (C=O) groups excluding carboxylic acids is 1. The second-order valence-corrected chi connectivity index (χ2v) is 5.79. The standard InChI is InChI=1S/C13H23NO3/c1-10(16-8-11-4-5-11)12(15)14-6-7-17-13(2,3)9-14/h10-11H,4-9H2,1-3H3. The molecule has 1 aliphatic carbocycles. The summed E-state index contributed by atoms with van der Waals surface area (Å²) in [5, 5.41) is 0. The van der Waals surface area contributed by atoms with Gasteiger partial charge in [0.25, 0.3) is 5.91 Å². The van der Waals surface area contributed by atoms with Crippen molar-refractivity contribution in [1.82, 2.24) is 4.90 Å². The van der Waals surface area contributed by atoms with Crippen molar-refractivity contribution in [3.63, 3.8) is 0 Å². The molecule has 0 aromatic carbocycles. The zero-order valence-corrected chi connectivity index (χ0v) is 11.1. The molecule has 2 aliphatic rings. The van der Waals surface area contributed by atoms with E-state index in [0.29, 0.717) is 25.6 Å². The molecule has 1 aliphatic heterocycles. The number of nitrogens with zero attached hydrogens (tertiary/aromatic N) is 1. The number of carbonyl (C=O) groups is 1. The van der Waals surface area contributed by atoms with Gasteiger partial charge in [-0.05, 0) is 39.5 Å². The minimum Gasteiger partial charge on any atom is -0.372 e. The Morgan fingerprint density at radius 2 is 2.24 bits per heavy atom. The monoisotopic (exact) mass is 241 g/mol. The Morgan fingerprint density at radius 1 is 1.53 bits per heavy atom. The van der Waals surface area contributed by atoms with E-state index >= 15 is 0 Å². The summed E-state index contributed by atoms with van der Waals surface area (Å²) in [5.41, 5.74) is -0.232. The smallest absolute Gasteiger partial charge is 0.251 e. The molecule has 2 rings (SSSR count). The molecule has 1 heterocycles. The normalized spacial score (nSPS) is 25.7. The molecule has 1 saturated heterocycles. The highest BCUT2D eigenvalue weighted by atomic mass is 16.5. The van der Waals surface area contributed by atoms with Crippen LogP contribution in [0.15, 0.2) is 0 Å². The van der Waals surface area contributed by atoms with Crippen LogP contribution in [0.25, 0.3) is 0 Å². The van der Waals surface area contributed by atoms with E-state index in [2.05, 4.69) is 0 Å². The summed E-state index contributed by atoms with van der Waals surface area (Å²) in [6, 6.07) is 0. The first kappa shape index (κ1) is 12.8. The van der Waals surface area contributed by atoms with Crippen LogP contribution < -0.4 is 0 Å². The lowest BCUT2D eigenvalue weighted by Gasteiger charge is -2.39. The highest BCUT2D eigenvalue weighted by Crippen LogP contribution is 2.29. The van der Waals surface area contributed by atoms with Gasteiger partial charge in [-0.3, -0.25) is 4.79 Å². The highest BCUT2D eigenvalue weighted by Gasteiger charge is 2.32. The van der Waals surface area contributed by atoms with Crippen LogP contribution in [0, 0.1) is 5.92 Å². The van der Waals surface area contributed by atoms with E-state index in [0.717, 1.165) is 6.61 Å². The van der Waals surface area contributed by atoms with E-state index in [4.69, 9.17) is 9.47 Å². The summed E-state index contributed by atoms with van der Waals surface area (Å²) in [7, 11) is 0. The maximum absolute atomic E-state index is 12.2. The molecule has 1 amide bonds. The third-order valence-corrected chi connectivity index (χ3v) is 3.36. The largest absolute Gasteiger partial charge is 0.372 e. The van der Waals surface area contributed by atoms with Gasteiger partial charge in [0.05, 0.1) is 18.8 Å². The molecule has 98 valence electrons. The molecule has 0 radical (unpaired) electrons. The first-order valence-corrected chi connectivity index (χ1v) is 6.52. The van der Waals surface area contributed by atoms with Gasteiger partial charge in [0, 0.05) is 13.1 Å². The molecule has 17 heavy (non-hydrogen) atoms. The fraction of sp³-hybridized carbons (Fsp3) is 0.923. The first-order chi connectivity index (χ1) is 7.98. The topological polar surface area (TPSA) is 38.8 Å². The van der Waals surface area contributed by atoms with Gasteiger partial charge in [-0.1, -0.05) is 0 Å². The number of hydrogen-bond acceptors (Lipinski definition) is 3. The van der Waals surface area contributed by atoms with E-state index < -0.39 is 0 Å². The lowest BCUT2D eigenvalue weighted by atomic mass is 10.1. The molecule has 0 bridgehead atoms. The number of ether oxygens (including phenoxy) is 2. The van der Waals surface area contributed by atoms with Crippen LogP contribution in [-0.2, 0) is 14.3 Å². The molecule has 0 spiro atoms. The average molecular weight is 241 g/mol. The lowest BCUT2D eigenvalue weighted by molar-refractivity contribution is -0.156. The van der Waals surface area contributed by atoms with Crippen LogP contribution in [0.4, 0.5) is 0 Å². The fourth-order valence-corrected chi connectivity index (χ4v) is 2.10. The number of hydrogen-bond donors (Lipinski definition) is 0. The van der Waals surface area contributed by atoms with Gasteiger partial charge in [0.1, 0.15) is 6.10 Å². The highest BCUT2D eigenvalue weighted by molar-refractivity contribution is 5.80. The Kier molecular flexibility index (Phi) is 3.73. The van der Waals surface area contributed by atoms with Gasteiger partial charge in [0.15, 0.2) is 0 Å². The maximum Gasteiger partial charge on any atom is 0.251 e. The van der Waals surface area contributed by atoms with Crippen molar-refractivity contribution in [2.24, 2.45) is 5.92 Å². The summed E-state index contributed by atoms with van der Waals surface area (Å²) in [5.74, 6) is 0.799. The number of morpholine rings is 1. The SMILES string of the molecule is CC(OCC1CC1)C(=O)N1CCOC(C)(C)C1. The van der Waals surface area contributed by atoms with E-state index in [1.807, 2.05) is 25.7 Å². The maximum atomic E-state index is 12.2. The van der Waals surface area contributed by atoms with Crippen molar-refractivity contribution in [3.05, 3.63) is 0 Å². The van der Waals surface area contributed by atoms with Crippen molar-refractivity contribution >= 4 is 5.91 Å². The van der Waals surface area contributed by atoms with Gasteiger partial charge in [-0.15, -0.1) is 0 Å². The molecular formula is C13H23NO3. The molecule has 0 aromatic rings. The summed E-state index contributed by atoms with van der Waals surface area (Å²) >= 11 is 0. The van der Waals surface area contributed by atoms with Crippen molar-refractivity contribution in [1.29, 1.82) is 0 Å². The van der Waals surface area contributed by atoms with Crippen LogP contribution in [0.5, 0.6) is 0 Å². The summed E-state index contributed by atoms with van der Waals surface area (Å²) in [6.45, 7) is 8.58. The average Bonchev–Trinajstić information content (AvgIpc) is 3.07. The molecule has 2 fully saturated rings. The van der Waals surface area contributed by atoms with E-state index in [9.17, 15) is 4.79 Å². The molecule has 4 nitrogen and oxygen atoms in total. The van der Waals surface area contributed by atoms with Crippen LogP contribution in [-0.4, -0.2) is 48.8 Å². The molecule has 0 N–H and O–H groups in total. The second kappa shape index (κ2) is 4.94. The first-order valence-electron chi connectivity index (χ1n) is 6.52. The third kappa shape index (κ3) is 3.68. The Morgan fingerprint density at radius 3 is 2.82 bits per heavy atom. The van der Waals surface area contributed by atoms with E-state index in [1.165, 1.54) is 12.8 Å². The molecule has 1 unspecified atom stereocenters. The summed E-state index contributed by atoms with van der Waals surface area (Å²) in [4.78, 5) is 14.0. The summed E-state index contributed by atoms with van der Waals surface area (Å²) < 4.78 is 11.2. The predicted octanol–water partition coefficient (Wildman–Crippen LogP) is 1.44. The van der Waals surface area contributed by atoms with Crippen LogP contribution in [0.3, 0.4) is 0 Å². The molecule has 1 saturated carbocycles. The fourth-order valence-electron chi connectivity index (χ4n) is 2.10. The van der Waals surface area contributed by atoms with E-state index in [-0.39, 0.29) is 17.6 Å². The Labute approximate surface area is 103 Å². The van der Waals surface area contributed by atoms with Crippen molar-refractivity contribution < 1.29 is 14.3 Å². The Balaban J connectivity index is 1.80. The van der Waals surface area contributed by atoms with Crippen molar-refractivity contribution in [3.8, 4) is 0 Å². The van der Waals surface area contributed by atoms with Crippen molar-refractivity contribution in [2.45, 2.75) is 45.3 Å². The Hall–Kier alpha value is -0.610. The van der Waals surface area contributed by atoms with Gasteiger partial charge in [0.2, 0.25) is 0 Å². The zero-order chi connectivity index (χ0) is 12.5. The number of rotatable bonds is 4. The summed E-state index contributed by atoms with van der Waals surface area (Å²) in [6.07, 6.45) is 2.20. The Bertz CT molecular complexity index is 286. The van der Waals surface area contributed by atoms with Crippen LogP contribution in [0.2, 0.25) is 0 Å². The van der Waals surface area contributed by atoms with Gasteiger partial charge < -0.3 is 14.4 Å². The minimum atomic E-state index is -0.315. The van der Waals surface area contributed by atoms with Gasteiger partial charge in [-0.25, -0.2) is 0 Å². The molecule has 0 aromatic heterocycles.